The summed E-state index contributed by atoms with van der Waals surface area (Å²) in [6.45, 7) is 2.63. The molecule has 0 spiro atoms. The Morgan fingerprint density at radius 1 is 1.45 bits per heavy atom. The standard InChI is InChI=1S/C13H13NO2S4/c1-8-4-5-9(19-8)7-10-12(17)14(13(18)20-10)6-2-3-11(15)16/h4-5,7H,2-3,6H2,1H3,(H,15,16). The van der Waals surface area contributed by atoms with Crippen LogP contribution < -0.4 is 0 Å². The molecule has 0 amide bonds. The Bertz CT molecular complexity index is 591. The van der Waals surface area contributed by atoms with Gasteiger partial charge in [0.05, 0.1) is 4.91 Å². The number of carboxylic acid groups (broad SMARTS) is 1. The smallest absolute Gasteiger partial charge is 0.303 e. The van der Waals surface area contributed by atoms with E-state index >= 15 is 0 Å². The monoisotopic (exact) mass is 343 g/mol. The number of rotatable bonds is 5. The first-order valence-electron chi connectivity index (χ1n) is 6.01. The number of nitrogens with zero attached hydrogens (tertiary/aromatic N) is 1. The fourth-order valence-electron chi connectivity index (χ4n) is 1.74. The van der Waals surface area contributed by atoms with E-state index in [1.165, 1.54) is 16.6 Å². The molecule has 1 aliphatic heterocycles. The molecular formula is C13H13NO2S4. The van der Waals surface area contributed by atoms with Gasteiger partial charge in [0.1, 0.15) is 9.31 Å². The van der Waals surface area contributed by atoms with Crippen LogP contribution in [0, 0.1) is 6.92 Å². The highest BCUT2D eigenvalue weighted by molar-refractivity contribution is 8.27. The second kappa shape index (κ2) is 6.80. The Balaban J connectivity index is 2.04. The zero-order valence-corrected chi connectivity index (χ0v) is 14.1. The Kier molecular flexibility index (Phi) is 5.31. The first-order chi connectivity index (χ1) is 9.47. The molecule has 1 aromatic heterocycles. The van der Waals surface area contributed by atoms with Crippen molar-refractivity contribution < 1.29 is 9.90 Å². The third-order valence-corrected chi connectivity index (χ3v) is 5.59. The van der Waals surface area contributed by atoms with Crippen LogP contribution in [0.5, 0.6) is 0 Å². The molecule has 0 aromatic carbocycles. The normalized spacial score (nSPS) is 17.2. The highest BCUT2D eigenvalue weighted by Gasteiger charge is 2.28. The maximum Gasteiger partial charge on any atom is 0.303 e. The molecule has 1 aromatic rings. The number of hydrogen-bond acceptors (Lipinski definition) is 5. The third-order valence-electron chi connectivity index (χ3n) is 2.68. The van der Waals surface area contributed by atoms with E-state index in [1.54, 1.807) is 11.3 Å². The van der Waals surface area contributed by atoms with Crippen LogP contribution in [0.3, 0.4) is 0 Å². The van der Waals surface area contributed by atoms with Crippen molar-refractivity contribution in [3.8, 4) is 0 Å². The number of thiophene rings is 1. The lowest BCUT2D eigenvalue weighted by Crippen LogP contribution is -2.28. The highest BCUT2D eigenvalue weighted by Crippen LogP contribution is 2.34. The van der Waals surface area contributed by atoms with Crippen molar-refractivity contribution in [3.63, 3.8) is 0 Å². The van der Waals surface area contributed by atoms with E-state index in [4.69, 9.17) is 29.5 Å². The SMILES string of the molecule is Cc1ccc(C=C2SC(=S)N(CCCC(=O)O)C2=S)s1. The molecule has 0 bridgehead atoms. The summed E-state index contributed by atoms with van der Waals surface area (Å²) in [6, 6.07) is 4.13. The molecule has 7 heteroatoms. The number of carboxylic acids is 1. The van der Waals surface area contributed by atoms with E-state index in [9.17, 15) is 4.79 Å². The average molecular weight is 344 g/mol. The maximum atomic E-state index is 10.5. The molecule has 0 saturated carbocycles. The zero-order valence-electron chi connectivity index (χ0n) is 10.8. The summed E-state index contributed by atoms with van der Waals surface area (Å²) in [5.74, 6) is -0.793. The zero-order chi connectivity index (χ0) is 14.7. The van der Waals surface area contributed by atoms with E-state index in [-0.39, 0.29) is 6.42 Å². The van der Waals surface area contributed by atoms with Gasteiger partial charge in [0, 0.05) is 22.7 Å². The van der Waals surface area contributed by atoms with E-state index in [0.717, 1.165) is 9.78 Å². The average Bonchev–Trinajstić information content (AvgIpc) is 2.88. The predicted octanol–water partition coefficient (Wildman–Crippen LogP) is 3.92. The summed E-state index contributed by atoms with van der Waals surface area (Å²) in [7, 11) is 0. The fourth-order valence-corrected chi connectivity index (χ4v) is 4.43. The van der Waals surface area contributed by atoms with E-state index in [2.05, 4.69) is 19.1 Å². The van der Waals surface area contributed by atoms with Crippen LogP contribution in [0.25, 0.3) is 6.08 Å². The van der Waals surface area contributed by atoms with Crippen LogP contribution in [0.15, 0.2) is 17.0 Å². The molecule has 0 radical (unpaired) electrons. The first kappa shape index (κ1) is 15.6. The first-order valence-corrected chi connectivity index (χ1v) is 8.46. The quantitative estimate of drug-likeness (QED) is 0.645. The Morgan fingerprint density at radius 2 is 2.20 bits per heavy atom. The van der Waals surface area contributed by atoms with Crippen LogP contribution in [-0.4, -0.2) is 31.8 Å². The molecule has 3 nitrogen and oxygen atoms in total. The number of carbonyl (C=O) groups is 1. The van der Waals surface area contributed by atoms with Gasteiger partial charge in [-0.05, 0) is 31.6 Å². The van der Waals surface area contributed by atoms with E-state index < -0.39 is 5.97 Å². The highest BCUT2D eigenvalue weighted by atomic mass is 32.2. The number of aryl methyl sites for hydroxylation is 1. The van der Waals surface area contributed by atoms with Gasteiger partial charge in [0.15, 0.2) is 0 Å². The molecule has 1 aliphatic rings. The fraction of sp³-hybridized carbons (Fsp3) is 0.308. The third kappa shape index (κ3) is 3.88. The van der Waals surface area contributed by atoms with Gasteiger partial charge >= 0.3 is 5.97 Å². The molecule has 106 valence electrons. The second-order valence-electron chi connectivity index (χ2n) is 4.28. The van der Waals surface area contributed by atoms with Gasteiger partial charge in [0.2, 0.25) is 0 Å². The molecule has 2 rings (SSSR count). The number of thiocarbonyl (C=S) groups is 2. The molecule has 1 fully saturated rings. The summed E-state index contributed by atoms with van der Waals surface area (Å²) >= 11 is 13.9. The predicted molar refractivity (Wildman–Crippen MR) is 93.4 cm³/mol. The Labute approximate surface area is 136 Å². The second-order valence-corrected chi connectivity index (χ2v) is 7.66. The minimum absolute atomic E-state index is 0.134. The van der Waals surface area contributed by atoms with Crippen molar-refractivity contribution in [3.05, 3.63) is 26.8 Å². The molecule has 0 aliphatic carbocycles. The number of aliphatic carboxylic acids is 1. The van der Waals surface area contributed by atoms with Gasteiger partial charge in [-0.25, -0.2) is 0 Å². The van der Waals surface area contributed by atoms with Gasteiger partial charge < -0.3 is 10.0 Å². The van der Waals surface area contributed by atoms with Crippen molar-refractivity contribution in [2.24, 2.45) is 0 Å². The number of hydrogen-bond donors (Lipinski definition) is 1. The van der Waals surface area contributed by atoms with Crippen LogP contribution in [0.1, 0.15) is 22.6 Å². The minimum atomic E-state index is -0.793. The molecule has 0 atom stereocenters. The van der Waals surface area contributed by atoms with Gasteiger partial charge in [-0.3, -0.25) is 4.79 Å². The van der Waals surface area contributed by atoms with Gasteiger partial charge in [0.25, 0.3) is 0 Å². The van der Waals surface area contributed by atoms with Gasteiger partial charge in [-0.1, -0.05) is 36.2 Å². The van der Waals surface area contributed by atoms with Crippen LogP contribution in [0.4, 0.5) is 0 Å². The van der Waals surface area contributed by atoms with Crippen molar-refractivity contribution in [2.45, 2.75) is 19.8 Å². The summed E-state index contributed by atoms with van der Waals surface area (Å²) in [5, 5.41) is 8.67. The molecule has 20 heavy (non-hydrogen) atoms. The summed E-state index contributed by atoms with van der Waals surface area (Å²) in [5.41, 5.74) is 0. The van der Waals surface area contributed by atoms with Crippen molar-refractivity contribution in [1.29, 1.82) is 0 Å². The topological polar surface area (TPSA) is 40.5 Å². The van der Waals surface area contributed by atoms with E-state index in [0.29, 0.717) is 22.3 Å². The van der Waals surface area contributed by atoms with Crippen molar-refractivity contribution in [1.82, 2.24) is 4.90 Å². The van der Waals surface area contributed by atoms with E-state index in [1.807, 2.05) is 11.0 Å². The van der Waals surface area contributed by atoms with Crippen LogP contribution >= 0.6 is 47.5 Å². The summed E-state index contributed by atoms with van der Waals surface area (Å²) in [6.07, 6.45) is 2.73. The van der Waals surface area contributed by atoms with Gasteiger partial charge in [-0.15, -0.1) is 11.3 Å². The largest absolute Gasteiger partial charge is 0.481 e. The maximum absolute atomic E-state index is 10.5. The summed E-state index contributed by atoms with van der Waals surface area (Å²) < 4.78 is 0.708. The Morgan fingerprint density at radius 3 is 2.80 bits per heavy atom. The van der Waals surface area contributed by atoms with Crippen LogP contribution in [0.2, 0.25) is 0 Å². The lowest BCUT2D eigenvalue weighted by molar-refractivity contribution is -0.137. The minimum Gasteiger partial charge on any atom is -0.481 e. The number of thioether (sulfide) groups is 1. The molecular weight excluding hydrogens is 330 g/mol. The van der Waals surface area contributed by atoms with Crippen molar-refractivity contribution >= 4 is 68.9 Å². The van der Waals surface area contributed by atoms with Crippen LogP contribution in [-0.2, 0) is 4.79 Å². The van der Waals surface area contributed by atoms with Crippen molar-refractivity contribution in [2.75, 3.05) is 6.54 Å². The molecule has 0 unspecified atom stereocenters. The summed E-state index contributed by atoms with van der Waals surface area (Å²) in [4.78, 5) is 16.5. The molecule has 1 saturated heterocycles. The lowest BCUT2D eigenvalue weighted by Gasteiger charge is -2.15. The van der Waals surface area contributed by atoms with Gasteiger partial charge in [-0.2, -0.15) is 0 Å². The lowest BCUT2D eigenvalue weighted by atomic mass is 10.3. The molecule has 2 heterocycles. The Hall–Kier alpha value is -0.760. The molecule has 1 N–H and O–H groups in total.